The van der Waals surface area contributed by atoms with Gasteiger partial charge >= 0.3 is 0 Å². The molecule has 0 aliphatic heterocycles. The number of pyridine rings is 1. The SMILES string of the molecule is Cc1nc(NC(=O)c2ccc(-c3cnco3)cc2)cc(-c2ccccc2)c1C. The van der Waals surface area contributed by atoms with Crippen molar-refractivity contribution in [1.82, 2.24) is 9.97 Å². The highest BCUT2D eigenvalue weighted by Gasteiger charge is 2.12. The number of carbonyl (C=O) groups excluding carboxylic acids is 1. The molecule has 2 aromatic carbocycles. The molecule has 4 aromatic rings. The lowest BCUT2D eigenvalue weighted by molar-refractivity contribution is 0.102. The highest BCUT2D eigenvalue weighted by Crippen LogP contribution is 2.27. The normalized spacial score (nSPS) is 10.6. The molecule has 28 heavy (non-hydrogen) atoms. The van der Waals surface area contributed by atoms with Crippen LogP contribution in [0.1, 0.15) is 21.6 Å². The zero-order chi connectivity index (χ0) is 19.5. The van der Waals surface area contributed by atoms with Crippen molar-refractivity contribution in [3.63, 3.8) is 0 Å². The van der Waals surface area contributed by atoms with Crippen LogP contribution in [-0.4, -0.2) is 15.9 Å². The number of aryl methyl sites for hydroxylation is 1. The van der Waals surface area contributed by atoms with Crippen LogP contribution in [0, 0.1) is 13.8 Å². The lowest BCUT2D eigenvalue weighted by Gasteiger charge is -2.12. The summed E-state index contributed by atoms with van der Waals surface area (Å²) in [7, 11) is 0. The van der Waals surface area contributed by atoms with Crippen molar-refractivity contribution < 1.29 is 9.21 Å². The third kappa shape index (κ3) is 3.55. The van der Waals surface area contributed by atoms with Crippen LogP contribution in [0.5, 0.6) is 0 Å². The Morgan fingerprint density at radius 2 is 1.71 bits per heavy atom. The first-order valence-corrected chi connectivity index (χ1v) is 8.96. The molecule has 0 saturated carbocycles. The molecule has 0 saturated heterocycles. The largest absolute Gasteiger partial charge is 0.444 e. The summed E-state index contributed by atoms with van der Waals surface area (Å²) >= 11 is 0. The van der Waals surface area contributed by atoms with Gasteiger partial charge in [-0.15, -0.1) is 0 Å². The molecule has 138 valence electrons. The van der Waals surface area contributed by atoms with E-state index in [1.807, 2.05) is 50.2 Å². The minimum atomic E-state index is -0.209. The number of nitrogens with zero attached hydrogens (tertiary/aromatic N) is 2. The van der Waals surface area contributed by atoms with Crippen molar-refractivity contribution in [3.05, 3.63) is 90.1 Å². The Labute approximate surface area is 163 Å². The second-order valence-corrected chi connectivity index (χ2v) is 6.53. The van der Waals surface area contributed by atoms with Crippen molar-refractivity contribution in [2.45, 2.75) is 13.8 Å². The number of carbonyl (C=O) groups is 1. The Balaban J connectivity index is 1.59. The summed E-state index contributed by atoms with van der Waals surface area (Å²) in [6.45, 7) is 3.99. The summed E-state index contributed by atoms with van der Waals surface area (Å²) in [6.07, 6.45) is 3.02. The predicted octanol–water partition coefficient (Wildman–Crippen LogP) is 5.27. The van der Waals surface area contributed by atoms with E-state index >= 15 is 0 Å². The predicted molar refractivity (Wildman–Crippen MR) is 109 cm³/mol. The molecule has 0 aliphatic carbocycles. The van der Waals surface area contributed by atoms with Crippen LogP contribution in [0.4, 0.5) is 5.82 Å². The molecule has 0 fully saturated rings. The average molecular weight is 369 g/mol. The number of oxazole rings is 1. The first-order chi connectivity index (χ1) is 13.6. The molecule has 2 aromatic heterocycles. The Bertz CT molecular complexity index is 1100. The maximum Gasteiger partial charge on any atom is 0.256 e. The third-order valence-electron chi connectivity index (χ3n) is 4.71. The molecule has 5 heteroatoms. The van der Waals surface area contributed by atoms with Gasteiger partial charge in [0.1, 0.15) is 5.82 Å². The fourth-order valence-electron chi connectivity index (χ4n) is 3.05. The third-order valence-corrected chi connectivity index (χ3v) is 4.71. The van der Waals surface area contributed by atoms with E-state index in [-0.39, 0.29) is 5.91 Å². The molecule has 2 heterocycles. The standard InChI is InChI=1S/C23H19N3O2/c1-15-16(2)25-22(12-20(15)17-6-4-3-5-7-17)26-23(27)19-10-8-18(9-11-19)21-13-24-14-28-21/h3-14H,1-2H3,(H,25,26,27). The van der Waals surface area contributed by atoms with Gasteiger partial charge in [-0.1, -0.05) is 42.5 Å². The average Bonchev–Trinajstić information content (AvgIpc) is 3.26. The van der Waals surface area contributed by atoms with E-state index in [4.69, 9.17) is 4.42 Å². The molecule has 0 radical (unpaired) electrons. The quantitative estimate of drug-likeness (QED) is 0.532. The minimum absolute atomic E-state index is 0.209. The van der Waals surface area contributed by atoms with Gasteiger partial charge in [0.15, 0.2) is 12.2 Å². The van der Waals surface area contributed by atoms with E-state index in [1.54, 1.807) is 18.3 Å². The van der Waals surface area contributed by atoms with E-state index in [2.05, 4.69) is 27.4 Å². The Morgan fingerprint density at radius 3 is 2.39 bits per heavy atom. The van der Waals surface area contributed by atoms with Crippen molar-refractivity contribution in [1.29, 1.82) is 0 Å². The second kappa shape index (κ2) is 7.48. The highest BCUT2D eigenvalue weighted by molar-refractivity contribution is 6.04. The number of benzene rings is 2. The van der Waals surface area contributed by atoms with Gasteiger partial charge < -0.3 is 9.73 Å². The number of amides is 1. The van der Waals surface area contributed by atoms with E-state index in [9.17, 15) is 4.79 Å². The van der Waals surface area contributed by atoms with E-state index in [0.29, 0.717) is 17.1 Å². The number of anilines is 1. The zero-order valence-electron chi connectivity index (χ0n) is 15.6. The molecule has 0 spiro atoms. The van der Waals surface area contributed by atoms with Crippen molar-refractivity contribution in [2.75, 3.05) is 5.32 Å². The Kier molecular flexibility index (Phi) is 4.72. The number of nitrogens with one attached hydrogen (secondary N) is 1. The summed E-state index contributed by atoms with van der Waals surface area (Å²) < 4.78 is 5.27. The summed E-state index contributed by atoms with van der Waals surface area (Å²) in [5, 5.41) is 2.90. The second-order valence-electron chi connectivity index (χ2n) is 6.53. The van der Waals surface area contributed by atoms with Crippen molar-refractivity contribution in [2.24, 2.45) is 0 Å². The molecule has 0 bridgehead atoms. The fourth-order valence-corrected chi connectivity index (χ4v) is 3.05. The van der Waals surface area contributed by atoms with Crippen LogP contribution in [0.2, 0.25) is 0 Å². The zero-order valence-corrected chi connectivity index (χ0v) is 15.6. The van der Waals surface area contributed by atoms with Gasteiger partial charge in [0.25, 0.3) is 5.91 Å². The monoisotopic (exact) mass is 369 g/mol. The molecule has 5 nitrogen and oxygen atoms in total. The van der Waals surface area contributed by atoms with Gasteiger partial charge in [-0.2, -0.15) is 0 Å². The summed E-state index contributed by atoms with van der Waals surface area (Å²) in [5.41, 5.74) is 5.55. The lowest BCUT2D eigenvalue weighted by atomic mass is 10.00. The maximum atomic E-state index is 12.7. The first kappa shape index (κ1) is 17.7. The fraction of sp³-hybridized carbons (Fsp3) is 0.0870. The molecule has 1 amide bonds. The number of rotatable bonds is 4. The minimum Gasteiger partial charge on any atom is -0.444 e. The van der Waals surface area contributed by atoms with Crippen LogP contribution < -0.4 is 5.32 Å². The molecule has 0 atom stereocenters. The van der Waals surface area contributed by atoms with Crippen LogP contribution in [-0.2, 0) is 0 Å². The lowest BCUT2D eigenvalue weighted by Crippen LogP contribution is -2.13. The van der Waals surface area contributed by atoms with Crippen molar-refractivity contribution >= 4 is 11.7 Å². The molecule has 4 rings (SSSR count). The highest BCUT2D eigenvalue weighted by atomic mass is 16.3. The molecule has 0 aliphatic rings. The maximum absolute atomic E-state index is 12.7. The van der Waals surface area contributed by atoms with Crippen molar-refractivity contribution in [3.8, 4) is 22.5 Å². The molecular formula is C23H19N3O2. The number of aromatic nitrogens is 2. The van der Waals surface area contributed by atoms with E-state index in [0.717, 1.165) is 27.9 Å². The Hall–Kier alpha value is -3.73. The van der Waals surface area contributed by atoms with E-state index < -0.39 is 0 Å². The van der Waals surface area contributed by atoms with Gasteiger partial charge in [-0.25, -0.2) is 9.97 Å². The smallest absolute Gasteiger partial charge is 0.256 e. The van der Waals surface area contributed by atoms with Gasteiger partial charge in [-0.05, 0) is 48.7 Å². The summed E-state index contributed by atoms with van der Waals surface area (Å²) in [6, 6.07) is 19.2. The summed E-state index contributed by atoms with van der Waals surface area (Å²) in [4.78, 5) is 21.1. The van der Waals surface area contributed by atoms with Crippen LogP contribution in [0.15, 0.2) is 77.7 Å². The summed E-state index contributed by atoms with van der Waals surface area (Å²) in [5.74, 6) is 0.987. The molecule has 1 N–H and O–H groups in total. The van der Waals surface area contributed by atoms with Crippen LogP contribution in [0.25, 0.3) is 22.5 Å². The van der Waals surface area contributed by atoms with Gasteiger partial charge in [0.05, 0.1) is 6.20 Å². The number of hydrogen-bond acceptors (Lipinski definition) is 4. The molecule has 0 unspecified atom stereocenters. The first-order valence-electron chi connectivity index (χ1n) is 8.96. The van der Waals surface area contributed by atoms with Gasteiger partial charge in [-0.3, -0.25) is 4.79 Å². The van der Waals surface area contributed by atoms with Gasteiger partial charge in [0, 0.05) is 16.8 Å². The van der Waals surface area contributed by atoms with Crippen LogP contribution in [0.3, 0.4) is 0 Å². The van der Waals surface area contributed by atoms with Crippen LogP contribution >= 0.6 is 0 Å². The van der Waals surface area contributed by atoms with E-state index in [1.165, 1.54) is 6.39 Å². The van der Waals surface area contributed by atoms with Gasteiger partial charge in [0.2, 0.25) is 0 Å². The Morgan fingerprint density at radius 1 is 0.964 bits per heavy atom. The topological polar surface area (TPSA) is 68.0 Å². The number of hydrogen-bond donors (Lipinski definition) is 1. The molecular weight excluding hydrogens is 350 g/mol.